The number of alkyl carbamates (subject to hydrolysis) is 1. The molecule has 204 valence electrons. The molecule has 1 amide bonds. The summed E-state index contributed by atoms with van der Waals surface area (Å²) >= 11 is 6.01. The predicted octanol–water partition coefficient (Wildman–Crippen LogP) is 3.58. The van der Waals surface area contributed by atoms with Crippen LogP contribution in [0.2, 0.25) is 5.02 Å². The second kappa shape index (κ2) is 11.9. The second-order valence-corrected chi connectivity index (χ2v) is 9.81. The van der Waals surface area contributed by atoms with E-state index < -0.39 is 23.1 Å². The lowest BCUT2D eigenvalue weighted by Crippen LogP contribution is -2.51. The van der Waals surface area contributed by atoms with Gasteiger partial charge in [0.1, 0.15) is 17.6 Å². The maximum atomic E-state index is 13.4. The van der Waals surface area contributed by atoms with Crippen molar-refractivity contribution in [3.05, 3.63) is 98.0 Å². The average Bonchev–Trinajstić information content (AvgIpc) is 3.38. The number of nitrogens with one attached hydrogen (secondary N) is 2. The molecule has 2 aromatic carbocycles. The molecule has 0 bridgehead atoms. The van der Waals surface area contributed by atoms with E-state index in [0.29, 0.717) is 22.3 Å². The van der Waals surface area contributed by atoms with E-state index in [1.807, 2.05) is 0 Å². The fraction of sp³-hybridized carbons (Fsp3) is 0.269. The fourth-order valence-corrected chi connectivity index (χ4v) is 3.55. The maximum absolute atomic E-state index is 13.4. The summed E-state index contributed by atoms with van der Waals surface area (Å²) in [5.74, 6) is 0.799. The number of amides is 1. The van der Waals surface area contributed by atoms with Gasteiger partial charge in [0, 0.05) is 24.2 Å². The van der Waals surface area contributed by atoms with Crippen LogP contribution in [0.15, 0.2) is 80.0 Å². The molecule has 0 aliphatic heterocycles. The summed E-state index contributed by atoms with van der Waals surface area (Å²) in [5, 5.41) is 6.79. The molecule has 4 aromatic rings. The summed E-state index contributed by atoms with van der Waals surface area (Å²) in [5.41, 5.74) is -0.690. The standard InChI is InChI=1S/C26H27ClN6O6/c1-26(2,3)39-24(35)28-13-14-32-23(34)30-22(33(25(32)36)16-17-4-6-18(27)7-5-17)29-19-8-10-20(11-9-19)38-21-12-15-37-31-21/h4-12,15H,13-14,16H2,1-3H3,(H,28,35)(H,29,30,34). The quantitative estimate of drug-likeness (QED) is 0.338. The van der Waals surface area contributed by atoms with Crippen LogP contribution >= 0.6 is 11.6 Å². The van der Waals surface area contributed by atoms with Crippen LogP contribution < -0.4 is 27.1 Å². The lowest BCUT2D eigenvalue weighted by molar-refractivity contribution is 0.0525. The molecule has 4 rings (SSSR count). The molecule has 2 aromatic heterocycles. The van der Waals surface area contributed by atoms with Gasteiger partial charge < -0.3 is 19.3 Å². The Kier molecular flexibility index (Phi) is 8.35. The zero-order valence-corrected chi connectivity index (χ0v) is 22.3. The van der Waals surface area contributed by atoms with Gasteiger partial charge in [-0.15, -0.1) is 0 Å². The molecule has 2 N–H and O–H groups in total. The summed E-state index contributed by atoms with van der Waals surface area (Å²) in [6.45, 7) is 5.24. The number of benzene rings is 2. The molecule has 39 heavy (non-hydrogen) atoms. The van der Waals surface area contributed by atoms with Gasteiger partial charge in [0.25, 0.3) is 5.88 Å². The summed E-state index contributed by atoms with van der Waals surface area (Å²) in [7, 11) is 0. The van der Waals surface area contributed by atoms with E-state index in [9.17, 15) is 14.4 Å². The molecule has 0 aliphatic carbocycles. The normalized spacial score (nSPS) is 11.8. The third-order valence-corrected chi connectivity index (χ3v) is 5.40. The zero-order chi connectivity index (χ0) is 28.0. The Bertz CT molecular complexity index is 1600. The van der Waals surface area contributed by atoms with E-state index >= 15 is 0 Å². The van der Waals surface area contributed by atoms with Crippen LogP contribution in [0.1, 0.15) is 26.3 Å². The molecule has 0 unspecified atom stereocenters. The lowest BCUT2D eigenvalue weighted by Gasteiger charge is -2.19. The summed E-state index contributed by atoms with van der Waals surface area (Å²) in [6, 6.07) is 15.2. The Morgan fingerprint density at radius 2 is 1.79 bits per heavy atom. The highest BCUT2D eigenvalue weighted by Crippen LogP contribution is 2.22. The highest BCUT2D eigenvalue weighted by atomic mass is 35.5. The van der Waals surface area contributed by atoms with Gasteiger partial charge in [-0.1, -0.05) is 23.7 Å². The van der Waals surface area contributed by atoms with E-state index in [1.165, 1.54) is 10.8 Å². The van der Waals surface area contributed by atoms with E-state index in [4.69, 9.17) is 25.6 Å². The number of carbonyl (C=O) groups is 1. The molecule has 0 saturated carbocycles. The number of aromatic amines is 1. The van der Waals surface area contributed by atoms with E-state index in [-0.39, 0.29) is 25.3 Å². The summed E-state index contributed by atoms with van der Waals surface area (Å²) < 4.78 is 17.8. The van der Waals surface area contributed by atoms with Gasteiger partial charge in [-0.3, -0.25) is 9.55 Å². The number of ether oxygens (including phenoxy) is 2. The second-order valence-electron chi connectivity index (χ2n) is 9.37. The van der Waals surface area contributed by atoms with Crippen LogP contribution in [0, 0.1) is 0 Å². The number of nitrogens with zero attached hydrogens (tertiary/aromatic N) is 4. The van der Waals surface area contributed by atoms with Crippen LogP contribution in [0.25, 0.3) is 0 Å². The summed E-state index contributed by atoms with van der Waals surface area (Å²) in [4.78, 5) is 45.5. The van der Waals surface area contributed by atoms with Crippen LogP contribution in [-0.4, -0.2) is 37.5 Å². The minimum atomic E-state index is -0.678. The van der Waals surface area contributed by atoms with Crippen molar-refractivity contribution in [1.29, 1.82) is 0 Å². The average molecular weight is 555 g/mol. The first-order valence-corrected chi connectivity index (χ1v) is 12.3. The third kappa shape index (κ3) is 7.71. The van der Waals surface area contributed by atoms with E-state index in [2.05, 4.69) is 20.4 Å². The van der Waals surface area contributed by atoms with Gasteiger partial charge in [0.15, 0.2) is 0 Å². The molecule has 0 fully saturated rings. The molecular weight excluding hydrogens is 528 g/mol. The van der Waals surface area contributed by atoms with Crippen molar-refractivity contribution in [2.24, 2.45) is 4.99 Å². The number of rotatable bonds is 8. The van der Waals surface area contributed by atoms with Gasteiger partial charge in [-0.05, 0) is 67.9 Å². The topological polar surface area (TPSA) is 146 Å². The Balaban J connectivity index is 1.64. The van der Waals surface area contributed by atoms with Gasteiger partial charge in [-0.25, -0.2) is 23.9 Å². The van der Waals surface area contributed by atoms with Gasteiger partial charge in [0.2, 0.25) is 5.62 Å². The number of hydrogen-bond acceptors (Lipinski definition) is 8. The van der Waals surface area contributed by atoms with Crippen molar-refractivity contribution in [2.45, 2.75) is 39.5 Å². The first kappa shape index (κ1) is 27.5. The molecule has 0 radical (unpaired) electrons. The first-order chi connectivity index (χ1) is 18.6. The Hall–Kier alpha value is -4.58. The first-order valence-electron chi connectivity index (χ1n) is 12.0. The molecule has 13 heteroatoms. The van der Waals surface area contributed by atoms with Gasteiger partial charge in [0.05, 0.1) is 12.2 Å². The Labute approximate surface area is 227 Å². The fourth-order valence-electron chi connectivity index (χ4n) is 3.42. The van der Waals surface area contributed by atoms with Crippen molar-refractivity contribution >= 4 is 23.4 Å². The number of halogens is 1. The van der Waals surface area contributed by atoms with Crippen LogP contribution in [-0.2, 0) is 17.8 Å². The SMILES string of the molecule is CC(C)(C)OC(=O)NCCn1c(=O)[nH]/c(=N\c2ccc(Oc3ccon3)cc2)n(Cc2ccc(Cl)cc2)c1=O. The Morgan fingerprint density at radius 1 is 1.08 bits per heavy atom. The minimum absolute atomic E-state index is 0.00230. The molecular formula is C26H27ClN6O6. The van der Waals surface area contributed by atoms with Crippen molar-refractivity contribution < 1.29 is 18.8 Å². The van der Waals surface area contributed by atoms with Crippen molar-refractivity contribution in [3.8, 4) is 11.6 Å². The number of carbonyl (C=O) groups excluding carboxylic acids is 1. The molecule has 0 atom stereocenters. The van der Waals surface area contributed by atoms with Crippen molar-refractivity contribution in [1.82, 2.24) is 24.6 Å². The largest absolute Gasteiger partial charge is 0.444 e. The highest BCUT2D eigenvalue weighted by molar-refractivity contribution is 6.30. The molecule has 0 aliphatic rings. The van der Waals surface area contributed by atoms with E-state index in [1.54, 1.807) is 75.4 Å². The molecule has 0 spiro atoms. The van der Waals surface area contributed by atoms with Crippen LogP contribution in [0.5, 0.6) is 11.6 Å². The number of hydrogen-bond donors (Lipinski definition) is 2. The molecule has 0 saturated heterocycles. The van der Waals surface area contributed by atoms with Gasteiger partial charge in [-0.2, -0.15) is 0 Å². The van der Waals surface area contributed by atoms with Gasteiger partial charge >= 0.3 is 17.5 Å². The highest BCUT2D eigenvalue weighted by Gasteiger charge is 2.16. The Morgan fingerprint density at radius 3 is 2.44 bits per heavy atom. The molecule has 12 nitrogen and oxygen atoms in total. The third-order valence-electron chi connectivity index (χ3n) is 5.15. The number of aromatic nitrogens is 4. The minimum Gasteiger partial charge on any atom is -0.444 e. The predicted molar refractivity (Wildman–Crippen MR) is 142 cm³/mol. The van der Waals surface area contributed by atoms with E-state index in [0.717, 1.165) is 10.1 Å². The van der Waals surface area contributed by atoms with Crippen LogP contribution in [0.4, 0.5) is 10.5 Å². The number of H-pyrrole nitrogens is 1. The molecule has 2 heterocycles. The zero-order valence-electron chi connectivity index (χ0n) is 21.5. The monoisotopic (exact) mass is 554 g/mol. The van der Waals surface area contributed by atoms with Crippen molar-refractivity contribution in [3.63, 3.8) is 0 Å². The lowest BCUT2D eigenvalue weighted by atomic mass is 10.2. The summed E-state index contributed by atoms with van der Waals surface area (Å²) in [6.07, 6.45) is 0.744. The maximum Gasteiger partial charge on any atom is 0.407 e. The van der Waals surface area contributed by atoms with Crippen molar-refractivity contribution in [2.75, 3.05) is 6.54 Å². The smallest absolute Gasteiger partial charge is 0.407 e. The van der Waals surface area contributed by atoms with Crippen LogP contribution in [0.3, 0.4) is 0 Å².